The van der Waals surface area contributed by atoms with E-state index in [1.54, 1.807) is 13.8 Å². The first-order valence-electron chi connectivity index (χ1n) is 20.4. The topological polar surface area (TPSA) is 148 Å². The Hall–Kier alpha value is -4.69. The van der Waals surface area contributed by atoms with Crippen LogP contribution >= 0.6 is 0 Å². The first-order chi connectivity index (χ1) is 28.1. The minimum atomic E-state index is -1.17. The predicted molar refractivity (Wildman–Crippen MR) is 231 cm³/mol. The van der Waals surface area contributed by atoms with Crippen molar-refractivity contribution in [3.8, 4) is 11.5 Å². The molecule has 0 fully saturated rings. The largest absolute Gasteiger partial charge is 2.00 e. The Labute approximate surface area is 365 Å². The van der Waals surface area contributed by atoms with Gasteiger partial charge in [-0.05, 0) is 100 Å². The number of carboxylic acid groups (broad SMARTS) is 2. The van der Waals surface area contributed by atoms with Gasteiger partial charge in [0.1, 0.15) is 35.9 Å². The molecular formula is C46H58MgN4O8. The van der Waals surface area contributed by atoms with E-state index in [-0.39, 0.29) is 35.3 Å². The molecule has 6 rings (SSSR count). The summed E-state index contributed by atoms with van der Waals surface area (Å²) in [6, 6.07) is 32.0. The molecular weight excluding hydrogens is 761 g/mol. The van der Waals surface area contributed by atoms with Crippen molar-refractivity contribution >= 4 is 57.7 Å². The van der Waals surface area contributed by atoms with E-state index >= 15 is 0 Å². The fourth-order valence-corrected chi connectivity index (χ4v) is 7.16. The van der Waals surface area contributed by atoms with Gasteiger partial charge in [0.25, 0.3) is 0 Å². The number of ether oxygens (including phenoxy) is 4. The van der Waals surface area contributed by atoms with Gasteiger partial charge < -0.3 is 59.2 Å². The van der Waals surface area contributed by atoms with Crippen LogP contribution in [-0.4, -0.2) is 112 Å². The third-order valence-corrected chi connectivity index (χ3v) is 9.90. The van der Waals surface area contributed by atoms with Gasteiger partial charge in [-0.15, -0.1) is 0 Å². The summed E-state index contributed by atoms with van der Waals surface area (Å²) in [4.78, 5) is 27.0. The molecule has 2 aliphatic heterocycles. The number of carboxylic acids is 2. The molecule has 4 aromatic carbocycles. The molecule has 59 heavy (non-hydrogen) atoms. The van der Waals surface area contributed by atoms with Gasteiger partial charge in [-0.25, -0.2) is 0 Å². The van der Waals surface area contributed by atoms with Gasteiger partial charge in [0.15, 0.2) is 0 Å². The Morgan fingerprint density at radius 1 is 0.644 bits per heavy atom. The Morgan fingerprint density at radius 3 is 1.37 bits per heavy atom. The van der Waals surface area contributed by atoms with Crippen molar-refractivity contribution in [1.82, 2.24) is 0 Å². The van der Waals surface area contributed by atoms with Gasteiger partial charge in [-0.3, -0.25) is 0 Å². The second kappa shape index (κ2) is 24.4. The number of carbonyl (C=O) groups is 2. The van der Waals surface area contributed by atoms with Crippen molar-refractivity contribution in [3.05, 3.63) is 108 Å². The molecule has 2 heterocycles. The number of hydrogen-bond acceptors (Lipinski definition) is 12. The SMILES string of the molecule is CCOC(Cc1ccc(NCCCN2CC(C)Oc3ccccc32)cc1)C(=O)[O-].CCOC(Cc1ccc(NCCCN2CC(C)Oc3ccccc32)cc1)C(=O)[O-].[Mg+2]. The van der Waals surface area contributed by atoms with Crippen molar-refractivity contribution in [2.24, 2.45) is 0 Å². The van der Waals surface area contributed by atoms with Gasteiger partial charge in [0, 0.05) is 63.6 Å². The molecule has 4 atom stereocenters. The molecule has 0 aromatic heterocycles. The summed E-state index contributed by atoms with van der Waals surface area (Å²) in [7, 11) is 0. The summed E-state index contributed by atoms with van der Waals surface area (Å²) < 4.78 is 22.2. The van der Waals surface area contributed by atoms with E-state index < -0.39 is 24.1 Å². The van der Waals surface area contributed by atoms with E-state index in [4.69, 9.17) is 18.9 Å². The van der Waals surface area contributed by atoms with Crippen molar-refractivity contribution in [3.63, 3.8) is 0 Å². The Balaban J connectivity index is 0.000000256. The van der Waals surface area contributed by atoms with Gasteiger partial charge in [-0.1, -0.05) is 48.5 Å². The maximum absolute atomic E-state index is 11.1. The van der Waals surface area contributed by atoms with E-state index in [9.17, 15) is 19.8 Å². The fourth-order valence-electron chi connectivity index (χ4n) is 7.16. The van der Waals surface area contributed by atoms with Crippen LogP contribution in [0.2, 0.25) is 0 Å². The van der Waals surface area contributed by atoms with Crippen LogP contribution in [0.4, 0.5) is 22.7 Å². The normalized spacial score (nSPS) is 16.3. The fraction of sp³-hybridized carbons (Fsp3) is 0.435. The van der Waals surface area contributed by atoms with E-state index in [1.807, 2.05) is 84.9 Å². The van der Waals surface area contributed by atoms with Crippen LogP contribution in [-0.2, 0) is 31.9 Å². The molecule has 0 spiro atoms. The average Bonchev–Trinajstić information content (AvgIpc) is 3.21. The smallest absolute Gasteiger partial charge is 0.547 e. The number of anilines is 4. The van der Waals surface area contributed by atoms with Crippen LogP contribution in [0.25, 0.3) is 0 Å². The molecule has 13 heteroatoms. The number of fused-ring (bicyclic) bond motifs is 2. The van der Waals surface area contributed by atoms with E-state index in [0.29, 0.717) is 26.1 Å². The molecule has 12 nitrogen and oxygen atoms in total. The summed E-state index contributed by atoms with van der Waals surface area (Å²) >= 11 is 0. The summed E-state index contributed by atoms with van der Waals surface area (Å²) in [6.45, 7) is 13.9. The van der Waals surface area contributed by atoms with Crippen molar-refractivity contribution in [1.29, 1.82) is 0 Å². The molecule has 2 aliphatic rings. The quantitative estimate of drug-likeness (QED) is 0.0952. The first kappa shape index (κ1) is 47.0. The number of nitrogens with zero attached hydrogens (tertiary/aromatic N) is 2. The summed E-state index contributed by atoms with van der Waals surface area (Å²) in [5.74, 6) is -0.436. The molecule has 0 saturated carbocycles. The molecule has 0 aliphatic carbocycles. The number of hydrogen-bond donors (Lipinski definition) is 2. The molecule has 4 aromatic rings. The second-order valence-corrected chi connectivity index (χ2v) is 14.6. The van der Waals surface area contributed by atoms with Crippen LogP contribution < -0.4 is 40.1 Å². The minimum absolute atomic E-state index is 0. The molecule has 4 unspecified atom stereocenters. The minimum Gasteiger partial charge on any atom is -0.547 e. The zero-order valence-corrected chi connectivity index (χ0v) is 36.3. The van der Waals surface area contributed by atoms with Crippen LogP contribution in [0, 0.1) is 0 Å². The molecule has 312 valence electrons. The summed E-state index contributed by atoms with van der Waals surface area (Å²) in [6.07, 6.45) is 1.18. The Morgan fingerprint density at radius 2 is 1.02 bits per heavy atom. The molecule has 0 saturated heterocycles. The van der Waals surface area contributed by atoms with Gasteiger partial charge in [-0.2, -0.15) is 0 Å². The Kier molecular flexibility index (Phi) is 19.4. The van der Waals surface area contributed by atoms with Crippen molar-refractivity contribution in [2.75, 3.05) is 72.9 Å². The van der Waals surface area contributed by atoms with Crippen LogP contribution in [0.3, 0.4) is 0 Å². The number of rotatable bonds is 20. The van der Waals surface area contributed by atoms with E-state index in [0.717, 1.165) is 97.5 Å². The third kappa shape index (κ3) is 14.8. The maximum Gasteiger partial charge on any atom is 2.00 e. The van der Waals surface area contributed by atoms with Crippen molar-refractivity contribution < 1.29 is 38.7 Å². The number of nitrogens with one attached hydrogen (secondary N) is 2. The molecule has 0 bridgehead atoms. The zero-order chi connectivity index (χ0) is 41.3. The van der Waals surface area contributed by atoms with E-state index in [1.165, 1.54) is 0 Å². The monoisotopic (exact) mass is 818 g/mol. The van der Waals surface area contributed by atoms with Gasteiger partial charge >= 0.3 is 23.1 Å². The van der Waals surface area contributed by atoms with E-state index in [2.05, 4.69) is 46.4 Å². The maximum atomic E-state index is 11.1. The van der Waals surface area contributed by atoms with Crippen LogP contribution in [0.1, 0.15) is 51.7 Å². The predicted octanol–water partition coefficient (Wildman–Crippen LogP) is 4.57. The van der Waals surface area contributed by atoms with Crippen LogP contribution in [0.5, 0.6) is 11.5 Å². The summed E-state index contributed by atoms with van der Waals surface area (Å²) in [5, 5.41) is 29.1. The number of carbonyl (C=O) groups excluding carboxylic acids is 2. The van der Waals surface area contributed by atoms with Crippen LogP contribution in [0.15, 0.2) is 97.1 Å². The zero-order valence-electron chi connectivity index (χ0n) is 34.9. The van der Waals surface area contributed by atoms with Crippen molar-refractivity contribution in [2.45, 2.75) is 77.8 Å². The molecule has 0 amide bonds. The summed E-state index contributed by atoms with van der Waals surface area (Å²) in [5.41, 5.74) is 6.18. The third-order valence-electron chi connectivity index (χ3n) is 9.90. The van der Waals surface area contributed by atoms with Gasteiger partial charge in [0.2, 0.25) is 0 Å². The van der Waals surface area contributed by atoms with Gasteiger partial charge in [0.05, 0.1) is 36.4 Å². The second-order valence-electron chi connectivity index (χ2n) is 14.6. The average molecular weight is 819 g/mol. The number of benzene rings is 4. The first-order valence-corrected chi connectivity index (χ1v) is 20.4. The molecule has 0 radical (unpaired) electrons. The number of para-hydroxylation sites is 4. The standard InChI is InChI=1S/2C23H30N2O4.Mg/c2*1-3-28-22(23(26)27)15-18-9-11-19(12-10-18)24-13-6-14-25-16-17(2)29-21-8-5-4-7-20(21)25;/h2*4-5,7-12,17,22,24H,3,6,13-16H2,1-2H3,(H,26,27);/q;;+2/p-2. The molecule has 2 N–H and O–H groups in total. The number of aliphatic carboxylic acids is 2. The Bertz CT molecular complexity index is 1730.